The van der Waals surface area contributed by atoms with E-state index in [-0.39, 0.29) is 0 Å². The van der Waals surface area contributed by atoms with Gasteiger partial charge in [0.25, 0.3) is 0 Å². The molecule has 0 amide bonds. The number of rotatable bonds is 4. The second-order valence-electron chi connectivity index (χ2n) is 5.13. The van der Waals surface area contributed by atoms with E-state index in [1.807, 2.05) is 0 Å². The molecule has 1 aliphatic heterocycles. The van der Waals surface area contributed by atoms with E-state index in [4.69, 9.17) is 11.6 Å². The number of nitrogens with zero attached hydrogens (tertiary/aromatic N) is 2. The summed E-state index contributed by atoms with van der Waals surface area (Å²) in [4.78, 5) is 15.7. The number of aldehydes is 1. The van der Waals surface area contributed by atoms with Crippen molar-refractivity contribution in [2.45, 2.75) is 5.60 Å². The minimum atomic E-state index is -1.46. The van der Waals surface area contributed by atoms with Crippen LogP contribution in [0.1, 0.15) is 5.56 Å². The van der Waals surface area contributed by atoms with E-state index in [0.717, 1.165) is 26.2 Å². The third kappa shape index (κ3) is 3.54. The van der Waals surface area contributed by atoms with Crippen LogP contribution in [0.3, 0.4) is 0 Å². The van der Waals surface area contributed by atoms with Crippen molar-refractivity contribution in [2.24, 2.45) is 0 Å². The molecule has 1 N–H and O–H groups in total. The van der Waals surface area contributed by atoms with E-state index in [9.17, 15) is 9.90 Å². The third-order valence-electron chi connectivity index (χ3n) is 3.60. The summed E-state index contributed by atoms with van der Waals surface area (Å²) in [7, 11) is 2.07. The minimum Gasteiger partial charge on any atom is -0.376 e. The first-order valence-corrected chi connectivity index (χ1v) is 6.77. The lowest BCUT2D eigenvalue weighted by molar-refractivity contribution is -0.127. The van der Waals surface area contributed by atoms with Gasteiger partial charge in [0.05, 0.1) is 0 Å². The van der Waals surface area contributed by atoms with Crippen LogP contribution in [-0.2, 0) is 10.4 Å². The normalized spacial score (nSPS) is 21.0. The molecule has 5 heteroatoms. The highest BCUT2D eigenvalue weighted by atomic mass is 35.5. The van der Waals surface area contributed by atoms with Crippen LogP contribution >= 0.6 is 11.6 Å². The fourth-order valence-corrected chi connectivity index (χ4v) is 2.41. The average Bonchev–Trinajstić information content (AvgIpc) is 2.42. The molecule has 0 saturated carbocycles. The van der Waals surface area contributed by atoms with Crippen molar-refractivity contribution in [3.05, 3.63) is 34.9 Å². The molecule has 0 radical (unpaired) electrons. The molecule has 0 spiro atoms. The first-order valence-electron chi connectivity index (χ1n) is 6.39. The van der Waals surface area contributed by atoms with E-state index in [2.05, 4.69) is 16.8 Å². The summed E-state index contributed by atoms with van der Waals surface area (Å²) < 4.78 is 0. The molecule has 2 rings (SSSR count). The molecular formula is C14H19ClN2O2. The number of likely N-dealkylation sites (N-methyl/N-ethyl adjacent to an activating group) is 1. The maximum atomic E-state index is 11.3. The average molecular weight is 283 g/mol. The lowest BCUT2D eigenvalue weighted by Gasteiger charge is -2.36. The highest BCUT2D eigenvalue weighted by molar-refractivity contribution is 6.30. The molecule has 1 aliphatic rings. The Kier molecular flexibility index (Phi) is 4.58. The van der Waals surface area contributed by atoms with Gasteiger partial charge in [0.15, 0.2) is 11.9 Å². The maximum Gasteiger partial charge on any atom is 0.157 e. The van der Waals surface area contributed by atoms with Crippen molar-refractivity contribution in [3.8, 4) is 0 Å². The predicted octanol–water partition coefficient (Wildman–Crippen LogP) is 0.974. The van der Waals surface area contributed by atoms with Gasteiger partial charge >= 0.3 is 0 Å². The van der Waals surface area contributed by atoms with Crippen molar-refractivity contribution in [1.82, 2.24) is 9.80 Å². The number of hydrogen-bond acceptors (Lipinski definition) is 4. The summed E-state index contributed by atoms with van der Waals surface area (Å²) in [6.45, 7) is 3.96. The Hall–Kier alpha value is -0.940. The number of carbonyl (C=O) groups is 1. The first-order chi connectivity index (χ1) is 9.03. The second kappa shape index (κ2) is 6.01. The molecule has 0 bridgehead atoms. The van der Waals surface area contributed by atoms with Gasteiger partial charge in [0.1, 0.15) is 0 Å². The van der Waals surface area contributed by atoms with Crippen molar-refractivity contribution in [1.29, 1.82) is 0 Å². The van der Waals surface area contributed by atoms with Gasteiger partial charge in [-0.15, -0.1) is 0 Å². The Morgan fingerprint density at radius 2 is 1.84 bits per heavy atom. The van der Waals surface area contributed by atoms with Crippen LogP contribution in [-0.4, -0.2) is 61.0 Å². The smallest absolute Gasteiger partial charge is 0.157 e. The molecular weight excluding hydrogens is 264 g/mol. The fourth-order valence-electron chi connectivity index (χ4n) is 2.28. The summed E-state index contributed by atoms with van der Waals surface area (Å²) >= 11 is 5.83. The molecule has 104 valence electrons. The summed E-state index contributed by atoms with van der Waals surface area (Å²) in [6.07, 6.45) is 0.620. The largest absolute Gasteiger partial charge is 0.376 e. The molecule has 1 aromatic rings. The van der Waals surface area contributed by atoms with Crippen LogP contribution in [0.2, 0.25) is 5.02 Å². The van der Waals surface area contributed by atoms with E-state index >= 15 is 0 Å². The zero-order chi connectivity index (χ0) is 13.9. The van der Waals surface area contributed by atoms with Crippen molar-refractivity contribution >= 4 is 17.9 Å². The van der Waals surface area contributed by atoms with Gasteiger partial charge in [-0.25, -0.2) is 0 Å². The first kappa shape index (κ1) is 14.5. The number of hydrogen-bond donors (Lipinski definition) is 1. The van der Waals surface area contributed by atoms with Crippen LogP contribution in [0.5, 0.6) is 0 Å². The van der Waals surface area contributed by atoms with E-state index in [1.54, 1.807) is 24.3 Å². The van der Waals surface area contributed by atoms with Crippen LogP contribution in [0.4, 0.5) is 0 Å². The van der Waals surface area contributed by atoms with E-state index < -0.39 is 5.60 Å². The fraction of sp³-hybridized carbons (Fsp3) is 0.500. The Labute approximate surface area is 118 Å². The van der Waals surface area contributed by atoms with E-state index in [1.165, 1.54) is 0 Å². The molecule has 19 heavy (non-hydrogen) atoms. The minimum absolute atomic E-state index is 0.325. The molecule has 1 aromatic carbocycles. The molecule has 1 unspecified atom stereocenters. The Morgan fingerprint density at radius 1 is 1.26 bits per heavy atom. The van der Waals surface area contributed by atoms with Crippen LogP contribution in [0.15, 0.2) is 24.3 Å². The zero-order valence-corrected chi connectivity index (χ0v) is 11.8. The molecule has 1 atom stereocenters. The molecule has 1 heterocycles. The van der Waals surface area contributed by atoms with E-state index in [0.29, 0.717) is 23.4 Å². The number of halogens is 1. The predicted molar refractivity (Wildman–Crippen MR) is 75.3 cm³/mol. The number of β-amino-alcohol motifs (C(OH)–C–C–N with tert-alkyl or cyclic N) is 1. The van der Waals surface area contributed by atoms with Crippen molar-refractivity contribution in [3.63, 3.8) is 0 Å². The van der Waals surface area contributed by atoms with Gasteiger partial charge in [0, 0.05) is 37.7 Å². The van der Waals surface area contributed by atoms with Gasteiger partial charge in [-0.3, -0.25) is 9.69 Å². The van der Waals surface area contributed by atoms with Gasteiger partial charge in [-0.1, -0.05) is 23.7 Å². The number of benzene rings is 1. The van der Waals surface area contributed by atoms with Crippen molar-refractivity contribution in [2.75, 3.05) is 39.8 Å². The van der Waals surface area contributed by atoms with Gasteiger partial charge in [-0.2, -0.15) is 0 Å². The highest BCUT2D eigenvalue weighted by Crippen LogP contribution is 2.22. The summed E-state index contributed by atoms with van der Waals surface area (Å²) in [5.41, 5.74) is -0.869. The topological polar surface area (TPSA) is 43.8 Å². The van der Waals surface area contributed by atoms with Crippen molar-refractivity contribution < 1.29 is 9.90 Å². The standard InChI is InChI=1S/C14H19ClN2O2/c1-16-6-8-17(9-7-16)10-14(19,11-18)12-2-4-13(15)5-3-12/h2-5,11,19H,6-10H2,1H3. The number of aliphatic hydroxyl groups is 1. The monoisotopic (exact) mass is 282 g/mol. The summed E-state index contributed by atoms with van der Waals surface area (Å²) in [6, 6.07) is 6.78. The van der Waals surface area contributed by atoms with Crippen LogP contribution in [0, 0.1) is 0 Å². The lowest BCUT2D eigenvalue weighted by atomic mass is 9.94. The second-order valence-corrected chi connectivity index (χ2v) is 5.56. The van der Waals surface area contributed by atoms with Crippen LogP contribution in [0.25, 0.3) is 0 Å². The number of carbonyl (C=O) groups excluding carboxylic acids is 1. The highest BCUT2D eigenvalue weighted by Gasteiger charge is 2.32. The van der Waals surface area contributed by atoms with Gasteiger partial charge < -0.3 is 10.0 Å². The Bertz CT molecular complexity index is 430. The number of piperazine rings is 1. The molecule has 1 saturated heterocycles. The lowest BCUT2D eigenvalue weighted by Crippen LogP contribution is -2.50. The molecule has 0 aromatic heterocycles. The molecule has 1 fully saturated rings. The van der Waals surface area contributed by atoms with Gasteiger partial charge in [0.2, 0.25) is 0 Å². The summed E-state index contributed by atoms with van der Waals surface area (Å²) in [5.74, 6) is 0. The molecule has 0 aliphatic carbocycles. The zero-order valence-electron chi connectivity index (χ0n) is 11.1. The Balaban J connectivity index is 2.09. The van der Waals surface area contributed by atoms with Gasteiger partial charge in [-0.05, 0) is 24.7 Å². The van der Waals surface area contributed by atoms with Crippen LogP contribution < -0.4 is 0 Å². The maximum absolute atomic E-state index is 11.3. The quantitative estimate of drug-likeness (QED) is 0.836. The third-order valence-corrected chi connectivity index (χ3v) is 3.85. The molecule has 4 nitrogen and oxygen atoms in total. The Morgan fingerprint density at radius 3 is 2.37 bits per heavy atom. The SMILES string of the molecule is CN1CCN(CC(O)(C=O)c2ccc(Cl)cc2)CC1. The summed E-state index contributed by atoms with van der Waals surface area (Å²) in [5, 5.41) is 11.1.